The Balaban J connectivity index is 2.89. The number of ketones is 2. The molecule has 0 bridgehead atoms. The highest BCUT2D eigenvalue weighted by molar-refractivity contribution is 6.07. The molecule has 0 radical (unpaired) electrons. The second-order valence-corrected chi connectivity index (χ2v) is 4.26. The lowest BCUT2D eigenvalue weighted by Gasteiger charge is -2.18. The van der Waals surface area contributed by atoms with Gasteiger partial charge in [0.05, 0.1) is 5.41 Å². The van der Waals surface area contributed by atoms with Crippen molar-refractivity contribution in [3.05, 3.63) is 12.2 Å². The summed E-state index contributed by atoms with van der Waals surface area (Å²) < 4.78 is 0. The van der Waals surface area contributed by atoms with E-state index in [-0.39, 0.29) is 17.5 Å². The summed E-state index contributed by atoms with van der Waals surface area (Å²) in [6.45, 7) is 9.00. The van der Waals surface area contributed by atoms with Crippen molar-refractivity contribution in [3.63, 3.8) is 0 Å². The molecule has 1 rings (SSSR count). The van der Waals surface area contributed by atoms with Crippen molar-refractivity contribution in [1.82, 2.24) is 0 Å². The van der Waals surface area contributed by atoms with Crippen LogP contribution >= 0.6 is 0 Å². The van der Waals surface area contributed by atoms with Crippen LogP contribution in [0.3, 0.4) is 0 Å². The second-order valence-electron chi connectivity index (χ2n) is 4.26. The van der Waals surface area contributed by atoms with Crippen LogP contribution < -0.4 is 0 Å². The SMILES string of the molecule is C=C(C)[C@@H]1CC(=O)[C@@](C)(C(C)=O)C1. The van der Waals surface area contributed by atoms with Gasteiger partial charge in [-0.2, -0.15) is 0 Å². The molecule has 2 nitrogen and oxygen atoms in total. The lowest BCUT2D eigenvalue weighted by Crippen LogP contribution is -2.29. The molecule has 0 amide bonds. The van der Waals surface area contributed by atoms with Crippen LogP contribution in [0.2, 0.25) is 0 Å². The van der Waals surface area contributed by atoms with Gasteiger partial charge in [-0.15, -0.1) is 0 Å². The van der Waals surface area contributed by atoms with Gasteiger partial charge in [0.2, 0.25) is 0 Å². The predicted molar refractivity (Wildman–Crippen MR) is 51.3 cm³/mol. The van der Waals surface area contributed by atoms with Crippen molar-refractivity contribution >= 4 is 11.6 Å². The maximum absolute atomic E-state index is 11.6. The fraction of sp³-hybridized carbons (Fsp3) is 0.636. The molecule has 0 heterocycles. The zero-order chi connectivity index (χ0) is 10.2. The first kappa shape index (κ1) is 10.2. The summed E-state index contributed by atoms with van der Waals surface area (Å²) in [5.74, 6) is 0.274. The van der Waals surface area contributed by atoms with Gasteiger partial charge >= 0.3 is 0 Å². The summed E-state index contributed by atoms with van der Waals surface area (Å²) in [6.07, 6.45) is 1.14. The van der Waals surface area contributed by atoms with Gasteiger partial charge < -0.3 is 0 Å². The van der Waals surface area contributed by atoms with Gasteiger partial charge in [-0.05, 0) is 33.1 Å². The standard InChI is InChI=1S/C11H16O2/c1-7(2)9-5-10(13)11(4,6-9)8(3)12/h9H,1,5-6H2,2-4H3/t9-,11-/m1/s1. The van der Waals surface area contributed by atoms with Gasteiger partial charge in [0.1, 0.15) is 11.6 Å². The van der Waals surface area contributed by atoms with E-state index in [0.717, 1.165) is 5.57 Å². The zero-order valence-corrected chi connectivity index (χ0v) is 8.52. The Labute approximate surface area is 79.0 Å². The number of Topliss-reactive ketones (excluding diaryl/α,β-unsaturated/α-hetero) is 2. The Bertz CT molecular complexity index is 278. The first-order chi connectivity index (χ1) is 5.88. The Morgan fingerprint density at radius 2 is 2.08 bits per heavy atom. The Hall–Kier alpha value is -0.920. The minimum atomic E-state index is -0.733. The Kier molecular flexibility index (Phi) is 2.42. The first-order valence-electron chi connectivity index (χ1n) is 4.57. The summed E-state index contributed by atoms with van der Waals surface area (Å²) in [4.78, 5) is 22.9. The van der Waals surface area contributed by atoms with Crippen LogP contribution in [-0.4, -0.2) is 11.6 Å². The average molecular weight is 180 g/mol. The summed E-state index contributed by atoms with van der Waals surface area (Å²) in [7, 11) is 0. The highest BCUT2D eigenvalue weighted by Gasteiger charge is 2.46. The third-order valence-corrected chi connectivity index (χ3v) is 3.18. The molecule has 1 aliphatic carbocycles. The van der Waals surface area contributed by atoms with Crippen LogP contribution in [-0.2, 0) is 9.59 Å². The van der Waals surface area contributed by atoms with Crippen molar-refractivity contribution in [2.24, 2.45) is 11.3 Å². The molecule has 1 saturated carbocycles. The van der Waals surface area contributed by atoms with Gasteiger partial charge in [-0.1, -0.05) is 12.2 Å². The minimum Gasteiger partial charge on any atom is -0.299 e. The maximum atomic E-state index is 11.6. The monoisotopic (exact) mass is 180 g/mol. The Morgan fingerprint density at radius 1 is 1.54 bits per heavy atom. The third-order valence-electron chi connectivity index (χ3n) is 3.18. The maximum Gasteiger partial charge on any atom is 0.146 e. The number of carbonyl (C=O) groups is 2. The zero-order valence-electron chi connectivity index (χ0n) is 8.52. The van der Waals surface area contributed by atoms with Gasteiger partial charge in [-0.3, -0.25) is 9.59 Å². The van der Waals surface area contributed by atoms with Gasteiger partial charge in [0, 0.05) is 6.42 Å². The fourth-order valence-corrected chi connectivity index (χ4v) is 1.82. The van der Waals surface area contributed by atoms with Crippen LogP contribution in [0.1, 0.15) is 33.6 Å². The number of allylic oxidation sites excluding steroid dienone is 1. The lowest BCUT2D eigenvalue weighted by molar-refractivity contribution is -0.136. The molecule has 1 aliphatic rings. The van der Waals surface area contributed by atoms with Crippen molar-refractivity contribution in [2.75, 3.05) is 0 Å². The van der Waals surface area contributed by atoms with Gasteiger partial charge in [0.15, 0.2) is 0 Å². The van der Waals surface area contributed by atoms with E-state index < -0.39 is 5.41 Å². The molecule has 13 heavy (non-hydrogen) atoms. The number of rotatable bonds is 2. The number of hydrogen-bond acceptors (Lipinski definition) is 2. The summed E-state index contributed by atoms with van der Waals surface area (Å²) in [5, 5.41) is 0. The van der Waals surface area contributed by atoms with Crippen molar-refractivity contribution in [3.8, 4) is 0 Å². The molecule has 2 atom stereocenters. The molecule has 0 saturated heterocycles. The molecule has 0 aromatic heterocycles. The molecule has 72 valence electrons. The average Bonchev–Trinajstić information content (AvgIpc) is 2.30. The van der Waals surface area contributed by atoms with E-state index in [1.54, 1.807) is 6.92 Å². The molecule has 0 aliphatic heterocycles. The number of hydrogen-bond donors (Lipinski definition) is 0. The normalized spacial score (nSPS) is 33.5. The molecule has 0 N–H and O–H groups in total. The van der Waals surface area contributed by atoms with E-state index in [4.69, 9.17) is 0 Å². The van der Waals surface area contributed by atoms with E-state index in [1.165, 1.54) is 6.92 Å². The highest BCUT2D eigenvalue weighted by Crippen LogP contribution is 2.41. The number of carbonyl (C=O) groups excluding carboxylic acids is 2. The topological polar surface area (TPSA) is 34.1 Å². The fourth-order valence-electron chi connectivity index (χ4n) is 1.82. The highest BCUT2D eigenvalue weighted by atomic mass is 16.2. The summed E-state index contributed by atoms with van der Waals surface area (Å²) in [5.41, 5.74) is 0.280. The van der Waals surface area contributed by atoms with Crippen molar-refractivity contribution < 1.29 is 9.59 Å². The van der Waals surface area contributed by atoms with E-state index in [1.807, 2.05) is 6.92 Å². The van der Waals surface area contributed by atoms with Crippen LogP contribution in [0.4, 0.5) is 0 Å². The van der Waals surface area contributed by atoms with Crippen LogP contribution in [0.25, 0.3) is 0 Å². The van der Waals surface area contributed by atoms with E-state index in [9.17, 15) is 9.59 Å². The largest absolute Gasteiger partial charge is 0.299 e. The van der Waals surface area contributed by atoms with E-state index in [0.29, 0.717) is 12.8 Å². The quantitative estimate of drug-likeness (QED) is 0.482. The predicted octanol–water partition coefficient (Wildman–Crippen LogP) is 2.14. The second kappa shape index (κ2) is 3.09. The Morgan fingerprint density at radius 3 is 2.31 bits per heavy atom. The molecule has 0 aromatic rings. The minimum absolute atomic E-state index is 0.0127. The van der Waals surface area contributed by atoms with Crippen LogP contribution in [0.15, 0.2) is 12.2 Å². The third kappa shape index (κ3) is 1.58. The summed E-state index contributed by atoms with van der Waals surface area (Å²) in [6, 6.07) is 0. The van der Waals surface area contributed by atoms with E-state index in [2.05, 4.69) is 6.58 Å². The smallest absolute Gasteiger partial charge is 0.146 e. The molecular weight excluding hydrogens is 164 g/mol. The van der Waals surface area contributed by atoms with Gasteiger partial charge in [-0.25, -0.2) is 0 Å². The molecule has 0 unspecified atom stereocenters. The molecule has 0 aromatic carbocycles. The van der Waals surface area contributed by atoms with Crippen molar-refractivity contribution in [2.45, 2.75) is 33.6 Å². The van der Waals surface area contributed by atoms with Crippen molar-refractivity contribution in [1.29, 1.82) is 0 Å². The van der Waals surface area contributed by atoms with Crippen LogP contribution in [0, 0.1) is 11.3 Å². The molecule has 2 heteroatoms. The molecular formula is C11H16O2. The van der Waals surface area contributed by atoms with E-state index >= 15 is 0 Å². The summed E-state index contributed by atoms with van der Waals surface area (Å²) >= 11 is 0. The molecule has 0 spiro atoms. The first-order valence-corrected chi connectivity index (χ1v) is 4.57. The lowest BCUT2D eigenvalue weighted by atomic mass is 9.82. The van der Waals surface area contributed by atoms with Gasteiger partial charge in [0.25, 0.3) is 0 Å². The van der Waals surface area contributed by atoms with Crippen LogP contribution in [0.5, 0.6) is 0 Å². The molecule has 1 fully saturated rings.